The Morgan fingerprint density at radius 3 is 2.30 bits per heavy atom. The van der Waals surface area contributed by atoms with Crippen molar-refractivity contribution in [2.45, 2.75) is 32.8 Å². The minimum absolute atomic E-state index is 0.0954. The van der Waals surface area contributed by atoms with Crippen LogP contribution in [0.5, 0.6) is 5.75 Å². The van der Waals surface area contributed by atoms with Gasteiger partial charge in [0.1, 0.15) is 5.75 Å². The first-order valence-electron chi connectivity index (χ1n) is 8.81. The van der Waals surface area contributed by atoms with E-state index in [4.69, 9.17) is 9.84 Å². The van der Waals surface area contributed by atoms with Crippen molar-refractivity contribution in [1.82, 2.24) is 5.32 Å². The van der Waals surface area contributed by atoms with Gasteiger partial charge in [0, 0.05) is 12.1 Å². The number of rotatable bonds is 8. The Hall–Kier alpha value is -3.08. The number of ether oxygens (including phenoxy) is 1. The molecule has 142 valence electrons. The van der Waals surface area contributed by atoms with Gasteiger partial charge >= 0.3 is 5.97 Å². The summed E-state index contributed by atoms with van der Waals surface area (Å²) in [7, 11) is 0. The van der Waals surface area contributed by atoms with E-state index in [2.05, 4.69) is 5.32 Å². The fourth-order valence-corrected chi connectivity index (χ4v) is 2.39. The van der Waals surface area contributed by atoms with Crippen molar-refractivity contribution in [3.63, 3.8) is 0 Å². The molecule has 0 aromatic heterocycles. The van der Waals surface area contributed by atoms with Crippen LogP contribution in [0.2, 0.25) is 0 Å². The molecule has 2 aromatic rings. The van der Waals surface area contributed by atoms with Gasteiger partial charge in [-0.3, -0.25) is 4.79 Å². The van der Waals surface area contributed by atoms with Crippen molar-refractivity contribution in [3.05, 3.63) is 71.3 Å². The quantitative estimate of drug-likeness (QED) is 0.698. The van der Waals surface area contributed by atoms with Gasteiger partial charge in [0.05, 0.1) is 0 Å². The van der Waals surface area contributed by atoms with E-state index in [1.165, 1.54) is 13.8 Å². The highest BCUT2D eigenvalue weighted by Crippen LogP contribution is 2.19. The lowest BCUT2D eigenvalue weighted by Crippen LogP contribution is -2.37. The van der Waals surface area contributed by atoms with Gasteiger partial charge in [-0.15, -0.1) is 0 Å². The van der Waals surface area contributed by atoms with Crippen LogP contribution in [-0.2, 0) is 16.0 Å². The fourth-order valence-electron chi connectivity index (χ4n) is 2.39. The average molecular weight is 367 g/mol. The van der Waals surface area contributed by atoms with Gasteiger partial charge in [0.15, 0.2) is 5.60 Å². The molecule has 5 heteroatoms. The number of carboxylic acids is 1. The molecule has 0 aliphatic carbocycles. The van der Waals surface area contributed by atoms with Crippen molar-refractivity contribution < 1.29 is 19.4 Å². The highest BCUT2D eigenvalue weighted by molar-refractivity contribution is 5.97. The maximum absolute atomic E-state index is 12.2. The van der Waals surface area contributed by atoms with Crippen LogP contribution in [-0.4, -0.2) is 29.1 Å². The van der Waals surface area contributed by atoms with Crippen LogP contribution in [0, 0.1) is 0 Å². The molecule has 0 radical (unpaired) electrons. The topological polar surface area (TPSA) is 75.6 Å². The number of hydrogen-bond donors (Lipinski definition) is 2. The van der Waals surface area contributed by atoms with Crippen LogP contribution >= 0.6 is 0 Å². The Labute approximate surface area is 159 Å². The second-order valence-corrected chi connectivity index (χ2v) is 6.81. The van der Waals surface area contributed by atoms with E-state index in [0.29, 0.717) is 24.3 Å². The molecule has 0 bridgehead atoms. The summed E-state index contributed by atoms with van der Waals surface area (Å²) in [5, 5.41) is 12.0. The first kappa shape index (κ1) is 20.2. The normalized spacial score (nSPS) is 11.7. The number of nitrogens with one attached hydrogen (secondary N) is 1. The molecule has 0 spiro atoms. The zero-order chi connectivity index (χ0) is 19.9. The van der Waals surface area contributed by atoms with E-state index in [0.717, 1.165) is 11.1 Å². The Balaban J connectivity index is 1.84. The summed E-state index contributed by atoms with van der Waals surface area (Å²) in [6, 6.07) is 16.9. The molecule has 0 saturated heterocycles. The molecule has 0 heterocycles. The Bertz CT molecular complexity index is 808. The third-order valence-electron chi connectivity index (χ3n) is 4.05. The molecule has 2 N–H and O–H groups in total. The molecule has 1 amide bonds. The number of aliphatic carboxylic acids is 1. The van der Waals surface area contributed by atoms with E-state index in [1.54, 1.807) is 19.1 Å². The van der Waals surface area contributed by atoms with Crippen LogP contribution in [0.1, 0.15) is 31.9 Å². The Kier molecular flexibility index (Phi) is 6.77. The van der Waals surface area contributed by atoms with Gasteiger partial charge in [-0.1, -0.05) is 42.5 Å². The lowest BCUT2D eigenvalue weighted by molar-refractivity contribution is -0.152. The molecule has 0 saturated carbocycles. The van der Waals surface area contributed by atoms with E-state index < -0.39 is 11.6 Å². The smallest absolute Gasteiger partial charge is 0.347 e. The zero-order valence-electron chi connectivity index (χ0n) is 15.9. The van der Waals surface area contributed by atoms with Crippen LogP contribution in [0.15, 0.2) is 60.2 Å². The second kappa shape index (κ2) is 9.03. The summed E-state index contributed by atoms with van der Waals surface area (Å²) in [4.78, 5) is 23.3. The number of carboxylic acid groups (broad SMARTS) is 1. The monoisotopic (exact) mass is 367 g/mol. The maximum atomic E-state index is 12.2. The summed E-state index contributed by atoms with van der Waals surface area (Å²) in [6.45, 7) is 5.31. The predicted octanol–water partition coefficient (Wildman–Crippen LogP) is 3.69. The Morgan fingerprint density at radius 1 is 1.07 bits per heavy atom. The molecule has 0 fully saturated rings. The van der Waals surface area contributed by atoms with E-state index in [-0.39, 0.29) is 5.91 Å². The van der Waals surface area contributed by atoms with Gasteiger partial charge in [0.2, 0.25) is 5.91 Å². The van der Waals surface area contributed by atoms with Gasteiger partial charge < -0.3 is 15.2 Å². The van der Waals surface area contributed by atoms with E-state index in [9.17, 15) is 9.59 Å². The Morgan fingerprint density at radius 2 is 1.70 bits per heavy atom. The van der Waals surface area contributed by atoms with Crippen LogP contribution in [0.25, 0.3) is 6.08 Å². The maximum Gasteiger partial charge on any atom is 0.347 e. The third-order valence-corrected chi connectivity index (χ3v) is 4.05. The standard InChI is InChI=1S/C22H25NO4/c1-16(15-18-7-5-4-6-8-18)20(24)23-14-13-17-9-11-19(12-10-17)27-22(2,3)21(25)26/h4-12,15H,13-14H2,1-3H3,(H,23,24)(H,25,26). The summed E-state index contributed by atoms with van der Waals surface area (Å²) in [5.41, 5.74) is 1.39. The molecule has 0 atom stereocenters. The average Bonchev–Trinajstić information content (AvgIpc) is 2.63. The number of hydrogen-bond acceptors (Lipinski definition) is 3. The predicted molar refractivity (Wildman–Crippen MR) is 106 cm³/mol. The SMILES string of the molecule is CC(=Cc1ccccc1)C(=O)NCCc1ccc(OC(C)(C)C(=O)O)cc1. The summed E-state index contributed by atoms with van der Waals surface area (Å²) >= 11 is 0. The van der Waals surface area contributed by atoms with Crippen molar-refractivity contribution in [2.24, 2.45) is 0 Å². The highest BCUT2D eigenvalue weighted by atomic mass is 16.5. The molecule has 27 heavy (non-hydrogen) atoms. The number of benzene rings is 2. The highest BCUT2D eigenvalue weighted by Gasteiger charge is 2.29. The summed E-state index contributed by atoms with van der Waals surface area (Å²) in [6.07, 6.45) is 2.53. The zero-order valence-corrected chi connectivity index (χ0v) is 15.9. The molecule has 0 aliphatic heterocycles. The van der Waals surface area contributed by atoms with Gasteiger partial charge in [-0.05, 0) is 56.5 Å². The number of carbonyl (C=O) groups is 2. The minimum Gasteiger partial charge on any atom is -0.478 e. The van der Waals surface area contributed by atoms with Crippen molar-refractivity contribution >= 4 is 18.0 Å². The van der Waals surface area contributed by atoms with Crippen molar-refractivity contribution in [1.29, 1.82) is 0 Å². The largest absolute Gasteiger partial charge is 0.478 e. The van der Waals surface area contributed by atoms with Crippen LogP contribution in [0.4, 0.5) is 0 Å². The molecule has 0 unspecified atom stereocenters. The molecule has 2 rings (SSSR count). The molecular formula is C22H25NO4. The second-order valence-electron chi connectivity index (χ2n) is 6.81. The van der Waals surface area contributed by atoms with Crippen molar-refractivity contribution in [2.75, 3.05) is 6.54 Å². The summed E-state index contributed by atoms with van der Waals surface area (Å²) < 4.78 is 5.47. The molecule has 5 nitrogen and oxygen atoms in total. The molecule has 2 aromatic carbocycles. The van der Waals surface area contributed by atoms with Crippen LogP contribution in [0.3, 0.4) is 0 Å². The van der Waals surface area contributed by atoms with E-state index in [1.807, 2.05) is 48.5 Å². The van der Waals surface area contributed by atoms with Crippen LogP contribution < -0.4 is 10.1 Å². The van der Waals surface area contributed by atoms with Crippen molar-refractivity contribution in [3.8, 4) is 5.75 Å². The first-order valence-corrected chi connectivity index (χ1v) is 8.81. The number of amides is 1. The summed E-state index contributed by atoms with van der Waals surface area (Å²) in [5.74, 6) is -0.618. The van der Waals surface area contributed by atoms with Gasteiger partial charge in [-0.25, -0.2) is 4.79 Å². The van der Waals surface area contributed by atoms with Gasteiger partial charge in [0.25, 0.3) is 0 Å². The lowest BCUT2D eigenvalue weighted by atomic mass is 10.1. The third kappa shape index (κ3) is 6.29. The van der Waals surface area contributed by atoms with Gasteiger partial charge in [-0.2, -0.15) is 0 Å². The molecule has 0 aliphatic rings. The molecular weight excluding hydrogens is 342 g/mol. The minimum atomic E-state index is -1.28. The van der Waals surface area contributed by atoms with E-state index >= 15 is 0 Å². The lowest BCUT2D eigenvalue weighted by Gasteiger charge is -2.21. The first-order chi connectivity index (χ1) is 12.8. The number of carbonyl (C=O) groups excluding carboxylic acids is 1. The fraction of sp³-hybridized carbons (Fsp3) is 0.273.